The van der Waals surface area contributed by atoms with E-state index in [1.807, 2.05) is 29.9 Å². The van der Waals surface area contributed by atoms with E-state index in [2.05, 4.69) is 17.2 Å². The van der Waals surface area contributed by atoms with Crippen LogP contribution in [0.25, 0.3) is 0 Å². The molecule has 19 heavy (non-hydrogen) atoms. The fourth-order valence-corrected chi connectivity index (χ4v) is 3.29. The standard InChI is InChI=1S/C14H16Cl2N2S/c1-2-18-10(6-11-8-17-9-19-11)7-12-13(15)4-3-5-14(12)16/h3-5,8-10,18H,2,6-7H2,1H3. The van der Waals surface area contributed by atoms with Gasteiger partial charge in [-0.25, -0.2) is 0 Å². The minimum absolute atomic E-state index is 0.322. The zero-order chi connectivity index (χ0) is 13.7. The van der Waals surface area contributed by atoms with Gasteiger partial charge >= 0.3 is 0 Å². The van der Waals surface area contributed by atoms with Gasteiger partial charge in [-0.3, -0.25) is 4.98 Å². The molecule has 2 nitrogen and oxygen atoms in total. The molecule has 0 aliphatic carbocycles. The second kappa shape index (κ2) is 7.25. The van der Waals surface area contributed by atoms with Crippen LogP contribution in [0.5, 0.6) is 0 Å². The highest BCUT2D eigenvalue weighted by atomic mass is 35.5. The van der Waals surface area contributed by atoms with Crippen LogP contribution in [-0.2, 0) is 12.8 Å². The first kappa shape index (κ1) is 14.8. The minimum atomic E-state index is 0.322. The number of hydrogen-bond acceptors (Lipinski definition) is 3. The molecule has 0 saturated carbocycles. The molecule has 0 aliphatic heterocycles. The Bertz CT molecular complexity index is 494. The molecular formula is C14H16Cl2N2S. The lowest BCUT2D eigenvalue weighted by Crippen LogP contribution is -2.33. The van der Waals surface area contributed by atoms with Crippen LogP contribution < -0.4 is 5.32 Å². The number of halogens is 2. The lowest BCUT2D eigenvalue weighted by Gasteiger charge is -2.18. The van der Waals surface area contributed by atoms with Crippen molar-refractivity contribution in [3.63, 3.8) is 0 Å². The molecule has 0 fully saturated rings. The summed E-state index contributed by atoms with van der Waals surface area (Å²) in [6.07, 6.45) is 3.69. The van der Waals surface area contributed by atoms with Gasteiger partial charge in [-0.05, 0) is 37.1 Å². The molecule has 2 rings (SSSR count). The molecule has 0 aliphatic rings. The first-order chi connectivity index (χ1) is 9.20. The highest BCUT2D eigenvalue weighted by Gasteiger charge is 2.14. The predicted molar refractivity (Wildman–Crippen MR) is 83.4 cm³/mol. The minimum Gasteiger partial charge on any atom is -0.314 e. The lowest BCUT2D eigenvalue weighted by atomic mass is 10.0. The molecule has 0 radical (unpaired) electrons. The third-order valence-corrected chi connectivity index (χ3v) is 4.45. The maximum Gasteiger partial charge on any atom is 0.0794 e. The van der Waals surface area contributed by atoms with E-state index in [1.165, 1.54) is 4.88 Å². The molecule has 1 heterocycles. The number of nitrogens with zero attached hydrogens (tertiary/aromatic N) is 1. The monoisotopic (exact) mass is 314 g/mol. The third kappa shape index (κ3) is 4.18. The Kier molecular flexibility index (Phi) is 5.64. The second-order valence-corrected chi connectivity index (χ2v) is 6.12. The van der Waals surface area contributed by atoms with E-state index in [0.717, 1.165) is 35.0 Å². The first-order valence-electron chi connectivity index (χ1n) is 6.24. The average Bonchev–Trinajstić information content (AvgIpc) is 2.87. The molecule has 0 spiro atoms. The van der Waals surface area contributed by atoms with Crippen molar-refractivity contribution >= 4 is 34.5 Å². The number of rotatable bonds is 6. The van der Waals surface area contributed by atoms with E-state index < -0.39 is 0 Å². The number of nitrogens with one attached hydrogen (secondary N) is 1. The van der Waals surface area contributed by atoms with Gasteiger partial charge in [0.05, 0.1) is 5.51 Å². The fraction of sp³-hybridized carbons (Fsp3) is 0.357. The van der Waals surface area contributed by atoms with Crippen LogP contribution >= 0.6 is 34.5 Å². The summed E-state index contributed by atoms with van der Waals surface area (Å²) in [7, 11) is 0. The van der Waals surface area contributed by atoms with Crippen molar-refractivity contribution in [1.82, 2.24) is 10.3 Å². The zero-order valence-electron chi connectivity index (χ0n) is 10.7. The summed E-state index contributed by atoms with van der Waals surface area (Å²) in [5, 5.41) is 4.96. The smallest absolute Gasteiger partial charge is 0.0794 e. The molecule has 0 saturated heterocycles. The summed E-state index contributed by atoms with van der Waals surface area (Å²) in [6, 6.07) is 5.97. The van der Waals surface area contributed by atoms with E-state index >= 15 is 0 Å². The van der Waals surface area contributed by atoms with Crippen molar-refractivity contribution in [2.75, 3.05) is 6.54 Å². The van der Waals surface area contributed by atoms with Gasteiger partial charge < -0.3 is 5.32 Å². The van der Waals surface area contributed by atoms with Crippen LogP contribution in [0.2, 0.25) is 10.0 Å². The Morgan fingerprint density at radius 1 is 1.26 bits per heavy atom. The van der Waals surface area contributed by atoms with Crippen LogP contribution in [0.15, 0.2) is 29.9 Å². The molecule has 1 atom stereocenters. The summed E-state index contributed by atoms with van der Waals surface area (Å²) in [5.41, 5.74) is 2.88. The normalized spacial score (nSPS) is 12.6. The first-order valence-corrected chi connectivity index (χ1v) is 7.88. The van der Waals surface area contributed by atoms with E-state index in [4.69, 9.17) is 23.2 Å². The third-order valence-electron chi connectivity index (χ3n) is 2.94. The summed E-state index contributed by atoms with van der Waals surface area (Å²) in [6.45, 7) is 3.03. The Hall–Kier alpha value is -0.610. The van der Waals surface area contributed by atoms with Crippen molar-refractivity contribution in [3.8, 4) is 0 Å². The summed E-state index contributed by atoms with van der Waals surface area (Å²) < 4.78 is 0. The number of benzene rings is 1. The largest absolute Gasteiger partial charge is 0.314 e. The molecule has 2 aromatic rings. The SMILES string of the molecule is CCNC(Cc1cncs1)Cc1c(Cl)cccc1Cl. The summed E-state index contributed by atoms with van der Waals surface area (Å²) in [4.78, 5) is 5.39. The van der Waals surface area contributed by atoms with Gasteiger partial charge in [0.15, 0.2) is 0 Å². The summed E-state index contributed by atoms with van der Waals surface area (Å²) >= 11 is 14.1. The van der Waals surface area contributed by atoms with Crippen LogP contribution in [0.4, 0.5) is 0 Å². The molecule has 1 aromatic heterocycles. The second-order valence-electron chi connectivity index (χ2n) is 4.33. The topological polar surface area (TPSA) is 24.9 Å². The molecule has 0 amide bonds. The van der Waals surface area contributed by atoms with Crippen LogP contribution in [0.1, 0.15) is 17.4 Å². The number of aromatic nitrogens is 1. The average molecular weight is 315 g/mol. The van der Waals surface area contributed by atoms with Crippen molar-refractivity contribution < 1.29 is 0 Å². The lowest BCUT2D eigenvalue weighted by molar-refractivity contribution is 0.524. The van der Waals surface area contributed by atoms with Crippen LogP contribution in [0.3, 0.4) is 0 Å². The number of likely N-dealkylation sites (N-methyl/N-ethyl adjacent to an activating group) is 1. The maximum absolute atomic E-state index is 6.23. The van der Waals surface area contributed by atoms with Crippen molar-refractivity contribution in [2.45, 2.75) is 25.8 Å². The Morgan fingerprint density at radius 2 is 2.00 bits per heavy atom. The molecule has 0 bridgehead atoms. The van der Waals surface area contributed by atoms with Gasteiger partial charge in [0.1, 0.15) is 0 Å². The van der Waals surface area contributed by atoms with E-state index in [0.29, 0.717) is 6.04 Å². The molecular weight excluding hydrogens is 299 g/mol. The van der Waals surface area contributed by atoms with Gasteiger partial charge in [0, 0.05) is 27.2 Å². The zero-order valence-corrected chi connectivity index (χ0v) is 13.0. The van der Waals surface area contributed by atoms with Crippen LogP contribution in [-0.4, -0.2) is 17.6 Å². The number of thiazole rings is 1. The summed E-state index contributed by atoms with van der Waals surface area (Å²) in [5.74, 6) is 0. The van der Waals surface area contributed by atoms with Gasteiger partial charge in [0.2, 0.25) is 0 Å². The molecule has 1 unspecified atom stereocenters. The van der Waals surface area contributed by atoms with Gasteiger partial charge in [-0.15, -0.1) is 11.3 Å². The van der Waals surface area contributed by atoms with Gasteiger partial charge in [-0.1, -0.05) is 36.2 Å². The van der Waals surface area contributed by atoms with Crippen LogP contribution in [0, 0.1) is 0 Å². The maximum atomic E-state index is 6.23. The highest BCUT2D eigenvalue weighted by molar-refractivity contribution is 7.09. The fourth-order valence-electron chi connectivity index (χ4n) is 2.06. The highest BCUT2D eigenvalue weighted by Crippen LogP contribution is 2.26. The van der Waals surface area contributed by atoms with Crippen molar-refractivity contribution in [2.24, 2.45) is 0 Å². The Balaban J connectivity index is 2.12. The molecule has 5 heteroatoms. The molecule has 102 valence electrons. The quantitative estimate of drug-likeness (QED) is 0.863. The van der Waals surface area contributed by atoms with Crippen molar-refractivity contribution in [3.05, 3.63) is 50.4 Å². The predicted octanol–water partition coefficient (Wildman–Crippen LogP) is 4.21. The van der Waals surface area contributed by atoms with E-state index in [1.54, 1.807) is 11.3 Å². The van der Waals surface area contributed by atoms with E-state index in [-0.39, 0.29) is 0 Å². The Labute approximate surface area is 127 Å². The van der Waals surface area contributed by atoms with Crippen molar-refractivity contribution in [1.29, 1.82) is 0 Å². The number of hydrogen-bond donors (Lipinski definition) is 1. The van der Waals surface area contributed by atoms with E-state index in [9.17, 15) is 0 Å². The molecule has 1 aromatic carbocycles. The van der Waals surface area contributed by atoms with Gasteiger partial charge in [-0.2, -0.15) is 0 Å². The molecule has 1 N–H and O–H groups in total. The Morgan fingerprint density at radius 3 is 2.58 bits per heavy atom. The van der Waals surface area contributed by atoms with Gasteiger partial charge in [0.25, 0.3) is 0 Å².